The first kappa shape index (κ1) is 46.5. The van der Waals surface area contributed by atoms with Crippen LogP contribution in [0.25, 0.3) is 16.8 Å². The second kappa shape index (κ2) is 23.4. The first-order valence-corrected chi connectivity index (χ1v) is 18.7. The fourth-order valence-electron chi connectivity index (χ4n) is 6.29. The van der Waals surface area contributed by atoms with Gasteiger partial charge in [-0.05, 0) is 80.1 Å². The summed E-state index contributed by atoms with van der Waals surface area (Å²) in [5.41, 5.74) is 4.18. The number of para-hydroxylation sites is 1. The summed E-state index contributed by atoms with van der Waals surface area (Å²) < 4.78 is 26.6. The van der Waals surface area contributed by atoms with E-state index in [1.807, 2.05) is 55.7 Å². The van der Waals surface area contributed by atoms with Crippen LogP contribution in [0.1, 0.15) is 80.9 Å². The van der Waals surface area contributed by atoms with E-state index in [1.165, 1.54) is 19.1 Å². The number of aliphatic hydroxyl groups excluding tert-OH is 2. The standard InChI is InChI=1S/C41H51FN4O12/c1-6-12-29(13-7-2)37-38(41(50)43-32-14-9-8-10-15-32)39(27(3)4)44(40(37)30-16-18-31(42)19-17-30)21-20-33(47)24-34(48)25-36(49)56-23-11-22-55-26-35(58-46(53)54)28(5)57-45(51)52/h6-10,12-19,27-28,33-35,47-48H,1,11,20-26H2,2-5H3,(H,43,50)/b13-7-,29-12+/t28?,33-,34-,35?/m1/s1. The van der Waals surface area contributed by atoms with Crippen LogP contribution in [0.2, 0.25) is 0 Å². The molecule has 0 aliphatic carbocycles. The maximum absolute atomic E-state index is 14.3. The second-order valence-corrected chi connectivity index (χ2v) is 13.6. The zero-order chi connectivity index (χ0) is 42.8. The molecule has 2 aromatic carbocycles. The van der Waals surface area contributed by atoms with E-state index >= 15 is 0 Å². The molecule has 1 aromatic heterocycles. The quantitative estimate of drug-likeness (QED) is 0.0264. The van der Waals surface area contributed by atoms with Crippen molar-refractivity contribution < 1.29 is 53.5 Å². The second-order valence-electron chi connectivity index (χ2n) is 13.6. The van der Waals surface area contributed by atoms with Gasteiger partial charge >= 0.3 is 5.97 Å². The van der Waals surface area contributed by atoms with Gasteiger partial charge in [-0.15, -0.1) is 20.2 Å². The Bertz CT molecular complexity index is 1900. The molecule has 0 aliphatic heterocycles. The average Bonchev–Trinajstić information content (AvgIpc) is 3.50. The molecule has 0 bridgehead atoms. The Balaban J connectivity index is 1.77. The Morgan fingerprint density at radius 1 is 0.966 bits per heavy atom. The number of nitrogens with one attached hydrogen (secondary N) is 1. The number of ether oxygens (including phenoxy) is 2. The van der Waals surface area contributed by atoms with Gasteiger partial charge in [0.05, 0.1) is 43.1 Å². The maximum Gasteiger partial charge on any atom is 0.308 e. The number of carbonyl (C=O) groups is 2. The summed E-state index contributed by atoms with van der Waals surface area (Å²) in [4.78, 5) is 56.7. The highest BCUT2D eigenvalue weighted by Gasteiger charge is 2.31. The molecule has 4 atom stereocenters. The van der Waals surface area contributed by atoms with Crippen LogP contribution in [0.4, 0.5) is 10.1 Å². The zero-order valence-corrected chi connectivity index (χ0v) is 33.0. The summed E-state index contributed by atoms with van der Waals surface area (Å²) in [6.07, 6.45) is 1.79. The maximum atomic E-state index is 14.3. The molecular weight excluding hydrogens is 759 g/mol. The first-order chi connectivity index (χ1) is 27.7. The largest absolute Gasteiger partial charge is 0.466 e. The molecule has 0 fully saturated rings. The number of esters is 1. The van der Waals surface area contributed by atoms with Crippen molar-refractivity contribution in [3.8, 4) is 11.3 Å². The summed E-state index contributed by atoms with van der Waals surface area (Å²) in [6.45, 7) is 10.5. The number of benzene rings is 2. The van der Waals surface area contributed by atoms with Crippen molar-refractivity contribution in [2.45, 2.75) is 90.3 Å². The molecule has 0 spiro atoms. The fraction of sp³-hybridized carbons (Fsp3) is 0.415. The van der Waals surface area contributed by atoms with Gasteiger partial charge in [-0.3, -0.25) is 9.59 Å². The van der Waals surface area contributed by atoms with E-state index in [9.17, 15) is 44.4 Å². The molecule has 0 radical (unpaired) electrons. The molecule has 1 amide bonds. The van der Waals surface area contributed by atoms with Crippen molar-refractivity contribution in [1.82, 2.24) is 4.57 Å². The average molecular weight is 811 g/mol. The van der Waals surface area contributed by atoms with Crippen molar-refractivity contribution in [3.63, 3.8) is 0 Å². The Morgan fingerprint density at radius 2 is 1.64 bits per heavy atom. The predicted molar refractivity (Wildman–Crippen MR) is 213 cm³/mol. The number of aromatic nitrogens is 1. The van der Waals surface area contributed by atoms with Gasteiger partial charge < -0.3 is 39.2 Å². The number of allylic oxidation sites excluding steroid dienone is 5. The monoisotopic (exact) mass is 810 g/mol. The highest BCUT2D eigenvalue weighted by molar-refractivity contribution is 6.11. The van der Waals surface area contributed by atoms with Crippen LogP contribution < -0.4 is 5.32 Å². The smallest absolute Gasteiger partial charge is 0.308 e. The van der Waals surface area contributed by atoms with Crippen molar-refractivity contribution in [1.29, 1.82) is 0 Å². The number of hydrogen-bond donors (Lipinski definition) is 3. The van der Waals surface area contributed by atoms with Gasteiger partial charge in [-0.2, -0.15) is 0 Å². The molecule has 17 heteroatoms. The van der Waals surface area contributed by atoms with Gasteiger partial charge in [0.2, 0.25) is 0 Å². The molecule has 0 saturated heterocycles. The molecule has 3 aromatic rings. The third-order valence-corrected chi connectivity index (χ3v) is 8.77. The van der Waals surface area contributed by atoms with E-state index in [-0.39, 0.29) is 50.8 Å². The number of anilines is 1. The number of rotatable bonds is 25. The number of aliphatic hydroxyl groups is 2. The Morgan fingerprint density at radius 3 is 2.24 bits per heavy atom. The van der Waals surface area contributed by atoms with Crippen LogP contribution in [0.5, 0.6) is 0 Å². The van der Waals surface area contributed by atoms with E-state index in [0.717, 1.165) is 0 Å². The summed E-state index contributed by atoms with van der Waals surface area (Å²) in [5.74, 6) is -1.74. The fourth-order valence-corrected chi connectivity index (χ4v) is 6.29. The SMILES string of the molecule is C=C/C=C(\C=C/C)c1c(C(=O)Nc2ccccc2)c(C(C)C)n(CC[C@@H](O)C[C@@H](O)CC(=O)OCCCOCC(O[N+](=O)[O-])C(C)O[N+](=O)[O-])c1-c1ccc(F)cc1. The van der Waals surface area contributed by atoms with Crippen molar-refractivity contribution in [2.75, 3.05) is 25.1 Å². The lowest BCUT2D eigenvalue weighted by molar-refractivity contribution is -0.798. The summed E-state index contributed by atoms with van der Waals surface area (Å²) >= 11 is 0. The third kappa shape index (κ3) is 14.2. The topological polar surface area (TPSA) is 215 Å². The van der Waals surface area contributed by atoms with Gasteiger partial charge in [0.25, 0.3) is 16.1 Å². The molecule has 3 rings (SSSR count). The minimum atomic E-state index is -1.37. The molecule has 0 aliphatic rings. The van der Waals surface area contributed by atoms with Gasteiger partial charge in [0, 0.05) is 36.5 Å². The lowest BCUT2D eigenvalue weighted by atomic mass is 9.93. The van der Waals surface area contributed by atoms with E-state index < -0.39 is 59.4 Å². The van der Waals surface area contributed by atoms with Crippen molar-refractivity contribution in [3.05, 3.63) is 128 Å². The zero-order valence-electron chi connectivity index (χ0n) is 33.0. The molecule has 16 nitrogen and oxygen atoms in total. The summed E-state index contributed by atoms with van der Waals surface area (Å²) in [5, 5.41) is 43.9. The lowest BCUT2D eigenvalue weighted by Crippen LogP contribution is -2.36. The Hall–Kier alpha value is -5.91. The van der Waals surface area contributed by atoms with Gasteiger partial charge in [0.15, 0.2) is 6.10 Å². The highest BCUT2D eigenvalue weighted by Crippen LogP contribution is 2.41. The van der Waals surface area contributed by atoms with Crippen LogP contribution in [0.3, 0.4) is 0 Å². The van der Waals surface area contributed by atoms with Crippen LogP contribution in [0.15, 0.2) is 85.5 Å². The number of carbonyl (C=O) groups excluding carboxylic acids is 2. The third-order valence-electron chi connectivity index (χ3n) is 8.77. The van der Waals surface area contributed by atoms with E-state index in [1.54, 1.807) is 36.4 Å². The first-order valence-electron chi connectivity index (χ1n) is 18.7. The molecule has 2 unspecified atom stereocenters. The van der Waals surface area contributed by atoms with E-state index in [0.29, 0.717) is 39.3 Å². The van der Waals surface area contributed by atoms with E-state index in [4.69, 9.17) is 9.47 Å². The van der Waals surface area contributed by atoms with Crippen LogP contribution in [-0.2, 0) is 30.5 Å². The summed E-state index contributed by atoms with van der Waals surface area (Å²) in [7, 11) is 0. The molecule has 314 valence electrons. The minimum absolute atomic E-state index is 0.0358. The minimum Gasteiger partial charge on any atom is -0.466 e. The number of nitrogens with zero attached hydrogens (tertiary/aromatic N) is 3. The number of halogens is 1. The van der Waals surface area contributed by atoms with Gasteiger partial charge in [-0.1, -0.05) is 62.9 Å². The highest BCUT2D eigenvalue weighted by atomic mass is 19.1. The van der Waals surface area contributed by atoms with Crippen molar-refractivity contribution in [2.24, 2.45) is 0 Å². The lowest BCUT2D eigenvalue weighted by Gasteiger charge is -2.20. The Kier molecular flexibility index (Phi) is 18.7. The van der Waals surface area contributed by atoms with Gasteiger partial charge in [0.1, 0.15) is 11.9 Å². The van der Waals surface area contributed by atoms with Crippen LogP contribution in [0, 0.1) is 26.0 Å². The van der Waals surface area contributed by atoms with Crippen molar-refractivity contribution >= 4 is 23.1 Å². The molecule has 58 heavy (non-hydrogen) atoms. The summed E-state index contributed by atoms with van der Waals surface area (Å²) in [6, 6.07) is 14.9. The predicted octanol–water partition coefficient (Wildman–Crippen LogP) is 6.83. The Labute approximate surface area is 335 Å². The number of hydrogen-bond acceptors (Lipinski definition) is 12. The molecule has 0 saturated carbocycles. The number of amides is 1. The van der Waals surface area contributed by atoms with E-state index in [2.05, 4.69) is 21.6 Å². The normalized spacial score (nSPS) is 13.8. The van der Waals surface area contributed by atoms with Gasteiger partial charge in [-0.25, -0.2) is 4.39 Å². The van der Waals surface area contributed by atoms with Crippen LogP contribution in [-0.4, -0.2) is 81.1 Å². The van der Waals surface area contributed by atoms with Crippen LogP contribution >= 0.6 is 0 Å². The molecular formula is C41H51FN4O12. The molecule has 3 N–H and O–H groups in total. The molecule has 1 heterocycles.